The van der Waals surface area contributed by atoms with Crippen LogP contribution in [0.25, 0.3) is 0 Å². The number of likely N-dealkylation sites (tertiary alicyclic amines) is 1. The molecule has 3 aliphatic heterocycles. The van der Waals surface area contributed by atoms with Crippen molar-refractivity contribution in [3.05, 3.63) is 0 Å². The molecule has 218 valence electrons. The average Bonchev–Trinajstić information content (AvgIpc) is 3.66. The van der Waals surface area contributed by atoms with Crippen molar-refractivity contribution < 1.29 is 0 Å². The van der Waals surface area contributed by atoms with Gasteiger partial charge in [0.25, 0.3) is 0 Å². The first-order valence-electron chi connectivity index (χ1n) is 18.4. The van der Waals surface area contributed by atoms with E-state index in [1.165, 1.54) is 44.9 Å². The van der Waals surface area contributed by atoms with Crippen molar-refractivity contribution in [1.82, 2.24) is 4.90 Å². The van der Waals surface area contributed by atoms with E-state index in [0.29, 0.717) is 0 Å². The first kappa shape index (κ1) is 26.1. The second-order valence-corrected chi connectivity index (χ2v) is 19.2. The Morgan fingerprint density at radius 1 is 0.410 bits per heavy atom. The third kappa shape index (κ3) is 4.24. The lowest BCUT2D eigenvalue weighted by atomic mass is 9.61. The van der Waals surface area contributed by atoms with Gasteiger partial charge in [-0.2, -0.15) is 23.5 Å². The molecule has 3 saturated heterocycles. The first-order valence-corrected chi connectivity index (χ1v) is 20.3. The molecule has 6 aliphatic carbocycles. The van der Waals surface area contributed by atoms with Gasteiger partial charge in [0.1, 0.15) is 0 Å². The lowest BCUT2D eigenvalue weighted by Crippen LogP contribution is -2.49. The molecule has 0 spiro atoms. The lowest BCUT2D eigenvalue weighted by molar-refractivity contribution is 0.0367. The Balaban J connectivity index is 0.959. The van der Waals surface area contributed by atoms with Crippen molar-refractivity contribution in [1.29, 1.82) is 0 Å². The maximum absolute atomic E-state index is 3.30. The highest BCUT2D eigenvalue weighted by molar-refractivity contribution is 8.01. The number of thioether (sulfide) groups is 2. The minimum Gasteiger partial charge on any atom is -0.294 e. The van der Waals surface area contributed by atoms with Crippen molar-refractivity contribution in [3.63, 3.8) is 0 Å². The van der Waals surface area contributed by atoms with E-state index in [2.05, 4.69) is 28.4 Å². The van der Waals surface area contributed by atoms with Gasteiger partial charge in [0, 0.05) is 39.1 Å². The molecular weight excluding hydrogens is 511 g/mol. The van der Waals surface area contributed by atoms with Gasteiger partial charge in [0.2, 0.25) is 0 Å². The maximum Gasteiger partial charge on any atom is 0.0135 e. The van der Waals surface area contributed by atoms with Gasteiger partial charge in [0.15, 0.2) is 0 Å². The van der Waals surface area contributed by atoms with Gasteiger partial charge in [-0.05, 0) is 131 Å². The molecule has 0 amide bonds. The monoisotopic (exact) mass is 567 g/mol. The lowest BCUT2D eigenvalue weighted by Gasteiger charge is -2.47. The molecule has 3 heteroatoms. The predicted octanol–water partition coefficient (Wildman–Crippen LogP) is 9.58. The van der Waals surface area contributed by atoms with Crippen LogP contribution in [0.2, 0.25) is 0 Å². The second kappa shape index (κ2) is 10.7. The molecule has 1 nitrogen and oxygen atoms in total. The van der Waals surface area contributed by atoms with Crippen molar-refractivity contribution >= 4 is 23.5 Å². The second-order valence-electron chi connectivity index (χ2n) is 16.4. The van der Waals surface area contributed by atoms with E-state index in [4.69, 9.17) is 0 Å². The fourth-order valence-corrected chi connectivity index (χ4v) is 18.5. The number of hydrogen-bond acceptors (Lipinski definition) is 3. The molecule has 0 aromatic heterocycles. The summed E-state index contributed by atoms with van der Waals surface area (Å²) in [5.74, 6) is 8.71. The summed E-state index contributed by atoms with van der Waals surface area (Å²) >= 11 is 5.16. The Kier molecular flexibility index (Phi) is 7.14. The zero-order chi connectivity index (χ0) is 25.5. The van der Waals surface area contributed by atoms with E-state index in [1.54, 1.807) is 89.9 Å². The molecule has 0 aromatic rings. The Labute approximate surface area is 248 Å². The zero-order valence-electron chi connectivity index (χ0n) is 24.8. The summed E-state index contributed by atoms with van der Waals surface area (Å²) < 4.78 is 0. The average molecular weight is 568 g/mol. The molecule has 39 heavy (non-hydrogen) atoms. The van der Waals surface area contributed by atoms with Gasteiger partial charge in [0.05, 0.1) is 0 Å². The molecule has 14 unspecified atom stereocenters. The van der Waals surface area contributed by atoms with Crippen molar-refractivity contribution in [3.8, 4) is 0 Å². The normalized spacial score (nSPS) is 55.7. The molecular formula is C36H57NS2. The molecule has 9 fully saturated rings. The van der Waals surface area contributed by atoms with Crippen LogP contribution in [0, 0.1) is 47.3 Å². The van der Waals surface area contributed by atoms with Gasteiger partial charge in [-0.3, -0.25) is 4.90 Å². The standard InChI is InChI=1S/C36H57NS2/c1-2-9-23(10-3-1)37-30-15-6-4-11-25(30)26-18-17-22(21-31(26)37)24-13-8-14-27-28-19-20-33-34(36(28)39-35(24)27)29-12-5-7-16-32(29)38-33/h22-36H,1-21H2. The van der Waals surface area contributed by atoms with Crippen molar-refractivity contribution in [2.45, 2.75) is 174 Å². The molecule has 9 aliphatic rings. The third-order valence-corrected chi connectivity index (χ3v) is 18.8. The summed E-state index contributed by atoms with van der Waals surface area (Å²) in [6, 6.07) is 2.92. The number of rotatable bonds is 2. The zero-order valence-corrected chi connectivity index (χ0v) is 26.4. The van der Waals surface area contributed by atoms with Crippen LogP contribution in [0.3, 0.4) is 0 Å². The fourth-order valence-electron chi connectivity index (χ4n) is 13.7. The van der Waals surface area contributed by atoms with Gasteiger partial charge >= 0.3 is 0 Å². The van der Waals surface area contributed by atoms with Crippen LogP contribution in [0.1, 0.15) is 135 Å². The molecule has 14 atom stereocenters. The topological polar surface area (TPSA) is 3.24 Å². The molecule has 3 heterocycles. The molecule has 0 bridgehead atoms. The quantitative estimate of drug-likeness (QED) is 0.327. The highest BCUT2D eigenvalue weighted by Crippen LogP contribution is 2.66. The van der Waals surface area contributed by atoms with Crippen LogP contribution in [0.4, 0.5) is 0 Å². The van der Waals surface area contributed by atoms with E-state index in [-0.39, 0.29) is 0 Å². The number of fused-ring (bicyclic) bond motifs is 10. The van der Waals surface area contributed by atoms with E-state index in [9.17, 15) is 0 Å². The largest absolute Gasteiger partial charge is 0.294 e. The summed E-state index contributed by atoms with van der Waals surface area (Å²) in [5, 5.41) is 4.21. The van der Waals surface area contributed by atoms with Crippen LogP contribution < -0.4 is 0 Å². The van der Waals surface area contributed by atoms with Crippen LogP contribution >= 0.6 is 23.5 Å². The van der Waals surface area contributed by atoms with Gasteiger partial charge in [-0.25, -0.2) is 0 Å². The van der Waals surface area contributed by atoms with E-state index >= 15 is 0 Å². The number of hydrogen-bond donors (Lipinski definition) is 0. The van der Waals surface area contributed by atoms with E-state index in [1.807, 2.05) is 0 Å². The Morgan fingerprint density at radius 2 is 1.10 bits per heavy atom. The highest BCUT2D eigenvalue weighted by Gasteiger charge is 2.60. The van der Waals surface area contributed by atoms with E-state index < -0.39 is 0 Å². The highest BCUT2D eigenvalue weighted by atomic mass is 32.2. The van der Waals surface area contributed by atoms with Gasteiger partial charge < -0.3 is 0 Å². The van der Waals surface area contributed by atoms with Gasteiger partial charge in [-0.1, -0.05) is 51.4 Å². The first-order chi connectivity index (χ1) is 19.3. The molecule has 0 aromatic carbocycles. The van der Waals surface area contributed by atoms with Crippen LogP contribution in [-0.4, -0.2) is 44.0 Å². The summed E-state index contributed by atoms with van der Waals surface area (Å²) in [6.07, 6.45) is 32.9. The minimum atomic E-state index is 0.959. The van der Waals surface area contributed by atoms with Crippen molar-refractivity contribution in [2.75, 3.05) is 0 Å². The summed E-state index contributed by atoms with van der Waals surface area (Å²) in [4.78, 5) is 3.30. The van der Waals surface area contributed by atoms with Crippen molar-refractivity contribution in [2.24, 2.45) is 47.3 Å². The fraction of sp³-hybridized carbons (Fsp3) is 1.00. The van der Waals surface area contributed by atoms with E-state index in [0.717, 1.165) is 86.5 Å². The number of nitrogens with zero attached hydrogens (tertiary/aromatic N) is 1. The molecule has 0 radical (unpaired) electrons. The summed E-state index contributed by atoms with van der Waals surface area (Å²) in [7, 11) is 0. The Hall–Kier alpha value is 0.660. The smallest absolute Gasteiger partial charge is 0.0135 e. The van der Waals surface area contributed by atoms with Gasteiger partial charge in [-0.15, -0.1) is 0 Å². The summed E-state index contributed by atoms with van der Waals surface area (Å²) in [6.45, 7) is 0. The summed E-state index contributed by atoms with van der Waals surface area (Å²) in [5.41, 5.74) is 0. The predicted molar refractivity (Wildman–Crippen MR) is 168 cm³/mol. The third-order valence-electron chi connectivity index (χ3n) is 15.0. The molecule has 9 rings (SSSR count). The Morgan fingerprint density at radius 3 is 2.03 bits per heavy atom. The molecule has 0 N–H and O–H groups in total. The maximum atomic E-state index is 3.30. The SMILES string of the molecule is C1CCC(N2C3CCCCC3C3CCC(C4CCCC5C6CCC7SC8CCCCC8C7C6SC45)CC32)CC1. The van der Waals surface area contributed by atoms with Crippen LogP contribution in [-0.2, 0) is 0 Å². The minimum absolute atomic E-state index is 0.959. The van der Waals surface area contributed by atoms with Crippen LogP contribution in [0.5, 0.6) is 0 Å². The van der Waals surface area contributed by atoms with Crippen LogP contribution in [0.15, 0.2) is 0 Å². The Bertz CT molecular complexity index is 885. The molecule has 6 saturated carbocycles.